The van der Waals surface area contributed by atoms with Crippen molar-refractivity contribution in [1.29, 1.82) is 0 Å². The molecule has 10 heteroatoms. The van der Waals surface area contributed by atoms with Gasteiger partial charge in [0.2, 0.25) is 0 Å². The Bertz CT molecular complexity index is 1560. The lowest BCUT2D eigenvalue weighted by molar-refractivity contribution is -0.143. The lowest BCUT2D eigenvalue weighted by Gasteiger charge is -2.26. The number of methoxy groups -OCH3 is 1. The zero-order valence-electron chi connectivity index (χ0n) is 28.1. The van der Waals surface area contributed by atoms with E-state index in [1.165, 1.54) is 0 Å². The summed E-state index contributed by atoms with van der Waals surface area (Å²) in [4.78, 5) is 43.6. The Morgan fingerprint density at radius 2 is 1.65 bits per heavy atom. The molecule has 2 aliphatic rings. The lowest BCUT2D eigenvalue weighted by atomic mass is 9.93. The number of rotatable bonds is 14. The van der Waals surface area contributed by atoms with Crippen LogP contribution < -0.4 is 15.0 Å². The van der Waals surface area contributed by atoms with Crippen LogP contribution in [0.4, 0.5) is 21.9 Å². The van der Waals surface area contributed by atoms with E-state index in [4.69, 9.17) is 18.9 Å². The summed E-state index contributed by atoms with van der Waals surface area (Å²) in [5.41, 5.74) is 5.14. The summed E-state index contributed by atoms with van der Waals surface area (Å²) in [6.45, 7) is 8.84. The van der Waals surface area contributed by atoms with E-state index in [0.29, 0.717) is 59.0 Å². The number of nitrogens with zero attached hydrogens (tertiary/aromatic N) is 2. The minimum Gasteiger partial charge on any atom is -0.496 e. The maximum Gasteiger partial charge on any atom is 0.341 e. The topological polar surface area (TPSA) is 107 Å². The standard InChI is InChI=1S/C38H45N3O7/c1-27(17-19-33(42)47-23-11-10-20-40-21-24-46-25-22-40)16-18-31-35(34-32(26-48-37(34)43)28(2)36(31)45-3)39-38(44)41(29-12-6-4-7-13-29)30-14-8-5-9-15-30/h4-9,12-16H,10-11,17-26H2,1-3H3,(H,39,44)/b27-16+. The molecule has 1 fully saturated rings. The van der Waals surface area contributed by atoms with Crippen LogP contribution in [0.1, 0.15) is 59.7 Å². The van der Waals surface area contributed by atoms with Crippen molar-refractivity contribution in [2.45, 2.75) is 52.6 Å². The number of cyclic esters (lactones) is 1. The van der Waals surface area contributed by atoms with Crippen LogP contribution in [0.2, 0.25) is 0 Å². The van der Waals surface area contributed by atoms with Crippen molar-refractivity contribution in [1.82, 2.24) is 4.90 Å². The molecule has 5 rings (SSSR count). The Kier molecular flexibility index (Phi) is 12.2. The number of esters is 2. The molecule has 2 amide bonds. The highest BCUT2D eigenvalue weighted by atomic mass is 16.5. The largest absolute Gasteiger partial charge is 0.496 e. The Morgan fingerprint density at radius 3 is 2.29 bits per heavy atom. The van der Waals surface area contributed by atoms with Crippen LogP contribution >= 0.6 is 0 Å². The van der Waals surface area contributed by atoms with Gasteiger partial charge in [-0.25, -0.2) is 9.59 Å². The van der Waals surface area contributed by atoms with Crippen molar-refractivity contribution in [2.24, 2.45) is 0 Å². The molecule has 0 radical (unpaired) electrons. The van der Waals surface area contributed by atoms with Gasteiger partial charge in [0.05, 0.1) is 49.6 Å². The fourth-order valence-corrected chi connectivity index (χ4v) is 6.09. The van der Waals surface area contributed by atoms with Gasteiger partial charge in [-0.3, -0.25) is 14.6 Å². The van der Waals surface area contributed by atoms with E-state index in [2.05, 4.69) is 10.2 Å². The van der Waals surface area contributed by atoms with E-state index in [9.17, 15) is 14.4 Å². The third-order valence-corrected chi connectivity index (χ3v) is 8.75. The van der Waals surface area contributed by atoms with Crippen LogP contribution in [-0.4, -0.2) is 69.4 Å². The predicted molar refractivity (Wildman–Crippen MR) is 185 cm³/mol. The zero-order valence-corrected chi connectivity index (χ0v) is 28.1. The van der Waals surface area contributed by atoms with Crippen molar-refractivity contribution in [2.75, 3.05) is 56.8 Å². The Balaban J connectivity index is 1.30. The van der Waals surface area contributed by atoms with Crippen LogP contribution in [0.5, 0.6) is 5.75 Å². The average Bonchev–Trinajstić information content (AvgIpc) is 3.50. The molecule has 1 saturated heterocycles. The Hall–Kier alpha value is -4.67. The number of allylic oxidation sites excluding steroid dienone is 2. The maximum absolute atomic E-state index is 14.1. The summed E-state index contributed by atoms with van der Waals surface area (Å²) < 4.78 is 22.2. The molecule has 0 aliphatic carbocycles. The number of benzene rings is 3. The summed E-state index contributed by atoms with van der Waals surface area (Å²) >= 11 is 0. The average molecular weight is 656 g/mol. The van der Waals surface area contributed by atoms with E-state index in [1.54, 1.807) is 12.0 Å². The van der Waals surface area contributed by atoms with Gasteiger partial charge in [-0.2, -0.15) is 0 Å². The van der Waals surface area contributed by atoms with Crippen LogP contribution in [-0.2, 0) is 32.0 Å². The molecule has 10 nitrogen and oxygen atoms in total. The fraction of sp³-hybridized carbons (Fsp3) is 0.395. The molecule has 0 spiro atoms. The minimum atomic E-state index is -0.494. The van der Waals surface area contributed by atoms with Gasteiger partial charge in [0.15, 0.2) is 0 Å². The Morgan fingerprint density at radius 1 is 0.979 bits per heavy atom. The number of carbonyl (C=O) groups is 3. The van der Waals surface area contributed by atoms with E-state index < -0.39 is 12.0 Å². The first-order chi connectivity index (χ1) is 23.4. The van der Waals surface area contributed by atoms with E-state index >= 15 is 0 Å². The molecule has 254 valence electrons. The van der Waals surface area contributed by atoms with Crippen LogP contribution in [0.15, 0.2) is 72.3 Å². The molecule has 2 aliphatic heterocycles. The molecule has 3 aromatic rings. The molecule has 2 heterocycles. The van der Waals surface area contributed by atoms with Crippen molar-refractivity contribution in [3.63, 3.8) is 0 Å². The first-order valence-electron chi connectivity index (χ1n) is 16.6. The molecule has 48 heavy (non-hydrogen) atoms. The molecule has 0 unspecified atom stereocenters. The highest BCUT2D eigenvalue weighted by molar-refractivity contribution is 6.11. The second kappa shape index (κ2) is 16.9. The van der Waals surface area contributed by atoms with E-state index in [-0.39, 0.29) is 19.0 Å². The summed E-state index contributed by atoms with van der Waals surface area (Å²) in [6.07, 6.45) is 4.97. The monoisotopic (exact) mass is 655 g/mol. The SMILES string of the molecule is COc1c(C)c2c(c(NC(=O)N(c3ccccc3)c3ccccc3)c1C/C=C(\C)CCC(=O)OCCCCN1CCOCC1)C(=O)OC2. The van der Waals surface area contributed by atoms with Gasteiger partial charge < -0.3 is 24.3 Å². The van der Waals surface area contributed by atoms with Gasteiger partial charge in [0.25, 0.3) is 0 Å². The number of amides is 2. The van der Waals surface area contributed by atoms with Crippen molar-refractivity contribution < 1.29 is 33.3 Å². The van der Waals surface area contributed by atoms with Gasteiger partial charge in [0, 0.05) is 30.6 Å². The fourth-order valence-electron chi connectivity index (χ4n) is 6.09. The number of hydrogen-bond acceptors (Lipinski definition) is 8. The van der Waals surface area contributed by atoms with Crippen molar-refractivity contribution in [3.05, 3.63) is 94.6 Å². The van der Waals surface area contributed by atoms with Crippen molar-refractivity contribution >= 4 is 35.0 Å². The van der Waals surface area contributed by atoms with E-state index in [1.807, 2.05) is 80.6 Å². The van der Waals surface area contributed by atoms with Crippen LogP contribution in [0.25, 0.3) is 0 Å². The van der Waals surface area contributed by atoms with Crippen LogP contribution in [0, 0.1) is 6.92 Å². The molecule has 1 N–H and O–H groups in total. The molecule has 0 bridgehead atoms. The minimum absolute atomic E-state index is 0.102. The van der Waals surface area contributed by atoms with Crippen LogP contribution in [0.3, 0.4) is 0 Å². The van der Waals surface area contributed by atoms with Gasteiger partial charge in [0.1, 0.15) is 12.4 Å². The summed E-state index contributed by atoms with van der Waals surface area (Å²) in [7, 11) is 1.58. The molecule has 0 saturated carbocycles. The Labute approximate surface area is 282 Å². The van der Waals surface area contributed by atoms with Gasteiger partial charge in [-0.15, -0.1) is 0 Å². The number of hydrogen-bond donors (Lipinski definition) is 1. The number of ether oxygens (including phenoxy) is 4. The first kappa shape index (κ1) is 34.7. The van der Waals surface area contributed by atoms with Gasteiger partial charge in [-0.05, 0) is 75.9 Å². The number of anilines is 3. The molecular weight excluding hydrogens is 610 g/mol. The second-order valence-electron chi connectivity index (χ2n) is 12.0. The quantitative estimate of drug-likeness (QED) is 0.113. The lowest BCUT2D eigenvalue weighted by Crippen LogP contribution is -2.36. The second-order valence-corrected chi connectivity index (χ2v) is 12.0. The summed E-state index contributed by atoms with van der Waals surface area (Å²) in [5.74, 6) is -0.141. The predicted octanol–water partition coefficient (Wildman–Crippen LogP) is 6.97. The number of morpholine rings is 1. The number of para-hydroxylation sites is 2. The summed E-state index contributed by atoms with van der Waals surface area (Å²) in [5, 5.41) is 3.06. The highest BCUT2D eigenvalue weighted by Crippen LogP contribution is 2.42. The molecule has 0 aromatic heterocycles. The third-order valence-electron chi connectivity index (χ3n) is 8.75. The molecular formula is C38H45N3O7. The molecule has 3 aromatic carbocycles. The molecule has 0 atom stereocenters. The van der Waals surface area contributed by atoms with Gasteiger partial charge >= 0.3 is 18.0 Å². The number of urea groups is 1. The van der Waals surface area contributed by atoms with Gasteiger partial charge in [-0.1, -0.05) is 48.0 Å². The summed E-state index contributed by atoms with van der Waals surface area (Å²) in [6, 6.07) is 18.2. The number of fused-ring (bicyclic) bond motifs is 1. The normalized spacial score (nSPS) is 14.6. The first-order valence-corrected chi connectivity index (χ1v) is 16.6. The number of unbranched alkanes of at least 4 members (excludes halogenated alkanes) is 1. The maximum atomic E-state index is 14.1. The highest BCUT2D eigenvalue weighted by Gasteiger charge is 2.33. The van der Waals surface area contributed by atoms with E-state index in [0.717, 1.165) is 56.8 Å². The zero-order chi connectivity index (χ0) is 33.9. The smallest absolute Gasteiger partial charge is 0.341 e. The number of carbonyl (C=O) groups excluding carboxylic acids is 3. The van der Waals surface area contributed by atoms with Crippen molar-refractivity contribution in [3.8, 4) is 5.75 Å². The third kappa shape index (κ3) is 8.62. The number of nitrogens with one attached hydrogen (secondary N) is 1.